The maximum absolute atomic E-state index is 12.4. The molecule has 22 heavy (non-hydrogen) atoms. The van der Waals surface area contributed by atoms with Crippen LogP contribution in [0.25, 0.3) is 0 Å². The molecule has 0 N–H and O–H groups in total. The fourth-order valence-corrected chi connectivity index (χ4v) is 3.43. The second kappa shape index (κ2) is 6.34. The Hall–Kier alpha value is -1.46. The molecule has 0 aromatic carbocycles. The highest BCUT2D eigenvalue weighted by Crippen LogP contribution is 2.37. The summed E-state index contributed by atoms with van der Waals surface area (Å²) in [5, 5.41) is 0. The number of carbonyl (C=O) groups is 1. The first-order valence-corrected chi connectivity index (χ1v) is 8.06. The molecule has 0 saturated carbocycles. The summed E-state index contributed by atoms with van der Waals surface area (Å²) in [6.45, 7) is 2.41. The van der Waals surface area contributed by atoms with Crippen molar-refractivity contribution in [2.45, 2.75) is 37.3 Å². The predicted molar refractivity (Wildman–Crippen MR) is 84.5 cm³/mol. The number of pyridine rings is 1. The Morgan fingerprint density at radius 2 is 2.18 bits per heavy atom. The maximum atomic E-state index is 12.4. The molecule has 0 unspecified atom stereocenters. The summed E-state index contributed by atoms with van der Waals surface area (Å²) in [6, 6.07) is 6.22. The number of nitrogens with zero attached hydrogens (tertiary/aromatic N) is 3. The number of likely N-dealkylation sites (N-methyl/N-ethyl adjacent to an activating group) is 1. The highest BCUT2D eigenvalue weighted by atomic mass is 16.5. The molecular formula is C17H25N3O2. The van der Waals surface area contributed by atoms with Gasteiger partial charge in [0.25, 0.3) is 0 Å². The summed E-state index contributed by atoms with van der Waals surface area (Å²) in [6.07, 6.45) is 5.12. The molecular weight excluding hydrogens is 278 g/mol. The molecule has 2 saturated heterocycles. The number of hydrogen-bond donors (Lipinski definition) is 0. The van der Waals surface area contributed by atoms with Gasteiger partial charge in [0.1, 0.15) is 0 Å². The summed E-state index contributed by atoms with van der Waals surface area (Å²) in [5.74, 6) is 0.177. The van der Waals surface area contributed by atoms with E-state index in [-0.39, 0.29) is 11.5 Å². The van der Waals surface area contributed by atoms with Crippen LogP contribution in [0, 0.1) is 0 Å². The molecule has 3 heterocycles. The Bertz CT molecular complexity index is 510. The van der Waals surface area contributed by atoms with E-state index in [1.165, 1.54) is 0 Å². The Kier molecular flexibility index (Phi) is 4.45. The van der Waals surface area contributed by atoms with Crippen LogP contribution in [0.2, 0.25) is 0 Å². The first-order chi connectivity index (χ1) is 10.6. The predicted octanol–water partition coefficient (Wildman–Crippen LogP) is 1.34. The topological polar surface area (TPSA) is 45.7 Å². The fourth-order valence-electron chi connectivity index (χ4n) is 3.43. The van der Waals surface area contributed by atoms with Gasteiger partial charge in [-0.25, -0.2) is 0 Å². The zero-order chi connectivity index (χ0) is 15.6. The van der Waals surface area contributed by atoms with Gasteiger partial charge in [0.2, 0.25) is 5.91 Å². The molecule has 2 aliphatic heterocycles. The van der Waals surface area contributed by atoms with Crippen LogP contribution in [0.3, 0.4) is 0 Å². The summed E-state index contributed by atoms with van der Waals surface area (Å²) in [7, 11) is 4.22. The molecule has 1 atom stereocenters. The highest BCUT2D eigenvalue weighted by molar-refractivity contribution is 5.78. The lowest BCUT2D eigenvalue weighted by atomic mass is 9.87. The van der Waals surface area contributed by atoms with Gasteiger partial charge in [-0.1, -0.05) is 6.07 Å². The van der Waals surface area contributed by atoms with Gasteiger partial charge in [0, 0.05) is 31.0 Å². The molecule has 1 spiro atoms. The Labute approximate surface area is 132 Å². The van der Waals surface area contributed by atoms with Gasteiger partial charge < -0.3 is 14.5 Å². The van der Waals surface area contributed by atoms with Gasteiger partial charge in [-0.15, -0.1) is 0 Å². The van der Waals surface area contributed by atoms with E-state index in [0.29, 0.717) is 12.5 Å². The number of carbonyl (C=O) groups excluding carboxylic acids is 1. The molecule has 5 nitrogen and oxygen atoms in total. The van der Waals surface area contributed by atoms with Crippen molar-refractivity contribution in [3.05, 3.63) is 30.1 Å². The molecule has 2 fully saturated rings. The maximum Gasteiger partial charge on any atom is 0.228 e. The number of hydrogen-bond acceptors (Lipinski definition) is 4. The minimum absolute atomic E-state index is 0.00326. The number of aromatic nitrogens is 1. The van der Waals surface area contributed by atoms with Gasteiger partial charge >= 0.3 is 0 Å². The smallest absolute Gasteiger partial charge is 0.228 e. The molecule has 5 heteroatoms. The molecule has 120 valence electrons. The van der Waals surface area contributed by atoms with E-state index in [0.717, 1.165) is 44.7 Å². The molecule has 0 bridgehead atoms. The largest absolute Gasteiger partial charge is 0.373 e. The van der Waals surface area contributed by atoms with Gasteiger partial charge in [0.05, 0.1) is 18.6 Å². The highest BCUT2D eigenvalue weighted by Gasteiger charge is 2.43. The van der Waals surface area contributed by atoms with Crippen molar-refractivity contribution in [1.82, 2.24) is 14.8 Å². The summed E-state index contributed by atoms with van der Waals surface area (Å²) in [4.78, 5) is 20.8. The number of amides is 1. The van der Waals surface area contributed by atoms with E-state index < -0.39 is 0 Å². The SMILES string of the molecule is CN(C)[C@H]1COC2(CCN(C(=O)Cc3ccccn3)CC2)C1. The van der Waals surface area contributed by atoms with E-state index >= 15 is 0 Å². The molecule has 0 aliphatic carbocycles. The van der Waals surface area contributed by atoms with Gasteiger partial charge in [0.15, 0.2) is 0 Å². The van der Waals surface area contributed by atoms with Crippen molar-refractivity contribution >= 4 is 5.91 Å². The molecule has 1 aromatic rings. The monoisotopic (exact) mass is 303 g/mol. The average Bonchev–Trinajstić information content (AvgIpc) is 2.93. The number of likely N-dealkylation sites (tertiary alicyclic amines) is 1. The van der Waals surface area contributed by atoms with Crippen molar-refractivity contribution < 1.29 is 9.53 Å². The normalized spacial score (nSPS) is 24.1. The van der Waals surface area contributed by atoms with Gasteiger partial charge in [-0.05, 0) is 45.5 Å². The third-order valence-corrected chi connectivity index (χ3v) is 5.01. The first kappa shape index (κ1) is 15.4. The first-order valence-electron chi connectivity index (χ1n) is 8.06. The molecule has 3 rings (SSSR count). The lowest BCUT2D eigenvalue weighted by molar-refractivity contribution is -0.135. The van der Waals surface area contributed by atoms with Gasteiger partial charge in [-0.2, -0.15) is 0 Å². The van der Waals surface area contributed by atoms with E-state index in [4.69, 9.17) is 4.74 Å². The quantitative estimate of drug-likeness (QED) is 0.845. The van der Waals surface area contributed by atoms with E-state index in [2.05, 4.69) is 24.0 Å². The second-order valence-electron chi connectivity index (χ2n) is 6.69. The van der Waals surface area contributed by atoms with Crippen LogP contribution in [0.15, 0.2) is 24.4 Å². The lowest BCUT2D eigenvalue weighted by Crippen LogP contribution is -2.47. The van der Waals surface area contributed by atoms with E-state index in [1.807, 2.05) is 23.1 Å². The molecule has 0 radical (unpaired) electrons. The van der Waals surface area contributed by atoms with Crippen LogP contribution in [0.1, 0.15) is 25.0 Å². The third-order valence-electron chi connectivity index (χ3n) is 5.01. The van der Waals surface area contributed by atoms with Crippen molar-refractivity contribution in [2.75, 3.05) is 33.8 Å². The molecule has 2 aliphatic rings. The van der Waals surface area contributed by atoms with Crippen molar-refractivity contribution in [2.24, 2.45) is 0 Å². The zero-order valence-corrected chi connectivity index (χ0v) is 13.5. The standard InChI is InChI=1S/C17H25N3O2/c1-19(2)15-12-17(22-13-15)6-9-20(10-7-17)16(21)11-14-5-3-4-8-18-14/h3-5,8,15H,6-7,9-13H2,1-2H3/t15-/m1/s1. The van der Waals surface area contributed by atoms with Crippen LogP contribution in [-0.2, 0) is 16.0 Å². The van der Waals surface area contributed by atoms with Crippen molar-refractivity contribution in [3.63, 3.8) is 0 Å². The summed E-state index contributed by atoms with van der Waals surface area (Å²) < 4.78 is 6.11. The third kappa shape index (κ3) is 3.31. The average molecular weight is 303 g/mol. The fraction of sp³-hybridized carbons (Fsp3) is 0.647. The van der Waals surface area contributed by atoms with Crippen molar-refractivity contribution in [1.29, 1.82) is 0 Å². The summed E-state index contributed by atoms with van der Waals surface area (Å²) >= 11 is 0. The second-order valence-corrected chi connectivity index (χ2v) is 6.69. The number of piperidine rings is 1. The van der Waals surface area contributed by atoms with Crippen LogP contribution in [0.5, 0.6) is 0 Å². The van der Waals surface area contributed by atoms with Crippen LogP contribution in [-0.4, -0.2) is 66.1 Å². The number of ether oxygens (including phenoxy) is 1. The van der Waals surface area contributed by atoms with Crippen LogP contribution >= 0.6 is 0 Å². The Balaban J connectivity index is 1.53. The molecule has 1 amide bonds. The number of rotatable bonds is 3. The Morgan fingerprint density at radius 1 is 1.41 bits per heavy atom. The van der Waals surface area contributed by atoms with Crippen molar-refractivity contribution in [3.8, 4) is 0 Å². The minimum Gasteiger partial charge on any atom is -0.373 e. The molecule has 1 aromatic heterocycles. The van der Waals surface area contributed by atoms with Crippen LogP contribution in [0.4, 0.5) is 0 Å². The minimum atomic E-state index is -0.00326. The van der Waals surface area contributed by atoms with E-state index in [1.54, 1.807) is 6.20 Å². The summed E-state index contributed by atoms with van der Waals surface area (Å²) in [5.41, 5.74) is 0.842. The Morgan fingerprint density at radius 3 is 2.77 bits per heavy atom. The van der Waals surface area contributed by atoms with Crippen LogP contribution < -0.4 is 0 Å². The zero-order valence-electron chi connectivity index (χ0n) is 13.5. The van der Waals surface area contributed by atoms with E-state index in [9.17, 15) is 4.79 Å². The van der Waals surface area contributed by atoms with Gasteiger partial charge in [-0.3, -0.25) is 9.78 Å². The lowest BCUT2D eigenvalue weighted by Gasteiger charge is -2.39.